The minimum Gasteiger partial charge on any atom is -0.487 e. The molecule has 2 nitrogen and oxygen atoms in total. The summed E-state index contributed by atoms with van der Waals surface area (Å²) in [5.74, 6) is 1.07. The first kappa shape index (κ1) is 24.3. The maximum Gasteiger partial charge on any atom is 0.126 e. The summed E-state index contributed by atoms with van der Waals surface area (Å²) in [5.41, 5.74) is 15.0. The fourth-order valence-electron chi connectivity index (χ4n) is 4.15. The Morgan fingerprint density at radius 1 is 0.967 bits per heavy atom. The van der Waals surface area contributed by atoms with Crippen LogP contribution in [0.3, 0.4) is 0 Å². The first-order valence-corrected chi connectivity index (χ1v) is 11.6. The van der Waals surface area contributed by atoms with Gasteiger partial charge in [-0.3, -0.25) is 0 Å². The van der Waals surface area contributed by atoms with Crippen molar-refractivity contribution in [2.45, 2.75) is 105 Å². The number of aryl methyl sites for hydroxylation is 1. The predicted octanol–water partition coefficient (Wildman–Crippen LogP) is 8.17. The molecule has 1 aromatic carbocycles. The van der Waals surface area contributed by atoms with Gasteiger partial charge in [0.15, 0.2) is 0 Å². The van der Waals surface area contributed by atoms with E-state index >= 15 is 0 Å². The van der Waals surface area contributed by atoms with Gasteiger partial charge < -0.3 is 10.5 Å². The summed E-state index contributed by atoms with van der Waals surface area (Å²) in [4.78, 5) is 0. The topological polar surface area (TPSA) is 35.2 Å². The standard InChI is InChI=1S/C28H43NO/c1-20(2)11-8-12-21(3)13-9-14-22(4)15-10-17-28(7)18-16-25-19-26(29)23(5)24(6)27(25)30-28/h11,13,15,19H,8-10,12,14,16-18,29H2,1-7H3/b21-13+,22-15+. The monoisotopic (exact) mass is 409 g/mol. The molecule has 0 aromatic heterocycles. The zero-order chi connectivity index (χ0) is 22.3. The quantitative estimate of drug-likeness (QED) is 0.330. The summed E-state index contributed by atoms with van der Waals surface area (Å²) in [6, 6.07) is 2.11. The number of fused-ring (bicyclic) bond motifs is 1. The summed E-state index contributed by atoms with van der Waals surface area (Å²) in [7, 11) is 0. The molecule has 1 atom stereocenters. The molecule has 0 fully saturated rings. The Kier molecular flexibility index (Phi) is 8.82. The van der Waals surface area contributed by atoms with Crippen molar-refractivity contribution in [1.82, 2.24) is 0 Å². The van der Waals surface area contributed by atoms with E-state index in [1.807, 2.05) is 0 Å². The van der Waals surface area contributed by atoms with Gasteiger partial charge in [0, 0.05) is 5.69 Å². The second-order valence-corrected chi connectivity index (χ2v) is 9.75. The molecule has 0 saturated carbocycles. The summed E-state index contributed by atoms with van der Waals surface area (Å²) in [6.45, 7) is 15.4. The molecule has 0 saturated heterocycles. The van der Waals surface area contributed by atoms with Crippen LogP contribution in [0.5, 0.6) is 5.75 Å². The minimum atomic E-state index is -0.0848. The molecule has 0 aliphatic carbocycles. The molecule has 0 amide bonds. The van der Waals surface area contributed by atoms with Gasteiger partial charge in [-0.2, -0.15) is 0 Å². The minimum absolute atomic E-state index is 0.0848. The van der Waals surface area contributed by atoms with Crippen molar-refractivity contribution in [3.63, 3.8) is 0 Å². The SMILES string of the molecule is CC(C)=CCC/C(C)=C/CC/C(C)=C/CCC1(C)CCc2cc(N)c(C)c(C)c2O1. The van der Waals surface area contributed by atoms with Crippen LogP contribution in [0, 0.1) is 13.8 Å². The lowest BCUT2D eigenvalue weighted by molar-refractivity contribution is 0.0563. The average molecular weight is 410 g/mol. The highest BCUT2D eigenvalue weighted by molar-refractivity contribution is 5.60. The van der Waals surface area contributed by atoms with Crippen LogP contribution in [0.15, 0.2) is 41.0 Å². The highest BCUT2D eigenvalue weighted by atomic mass is 16.5. The largest absolute Gasteiger partial charge is 0.487 e. The first-order chi connectivity index (χ1) is 14.1. The smallest absolute Gasteiger partial charge is 0.126 e. The van der Waals surface area contributed by atoms with E-state index in [0.717, 1.165) is 61.9 Å². The van der Waals surface area contributed by atoms with E-state index in [1.165, 1.54) is 34.3 Å². The molecule has 30 heavy (non-hydrogen) atoms. The van der Waals surface area contributed by atoms with Crippen molar-refractivity contribution in [1.29, 1.82) is 0 Å². The van der Waals surface area contributed by atoms with Gasteiger partial charge in [0.2, 0.25) is 0 Å². The summed E-state index contributed by atoms with van der Waals surface area (Å²) < 4.78 is 6.54. The molecule has 2 rings (SSSR count). The van der Waals surface area contributed by atoms with Crippen LogP contribution in [0.25, 0.3) is 0 Å². The van der Waals surface area contributed by atoms with Crippen molar-refractivity contribution < 1.29 is 4.74 Å². The van der Waals surface area contributed by atoms with Crippen LogP contribution in [-0.2, 0) is 6.42 Å². The fraction of sp³-hybridized carbons (Fsp3) is 0.571. The molecule has 2 N–H and O–H groups in total. The average Bonchev–Trinajstić information content (AvgIpc) is 2.67. The molecule has 1 aliphatic rings. The number of nitrogen functional groups attached to an aromatic ring is 1. The molecule has 1 aliphatic heterocycles. The zero-order valence-corrected chi connectivity index (χ0v) is 20.5. The van der Waals surface area contributed by atoms with Gasteiger partial charge in [-0.15, -0.1) is 0 Å². The van der Waals surface area contributed by atoms with Crippen LogP contribution >= 0.6 is 0 Å². The molecule has 0 spiro atoms. The fourth-order valence-corrected chi connectivity index (χ4v) is 4.15. The number of hydrogen-bond acceptors (Lipinski definition) is 2. The van der Waals surface area contributed by atoms with Crippen LogP contribution < -0.4 is 10.5 Å². The number of nitrogens with two attached hydrogens (primary N) is 1. The second kappa shape index (κ2) is 10.9. The molecule has 0 bridgehead atoms. The molecule has 1 unspecified atom stereocenters. The number of allylic oxidation sites excluding steroid dienone is 6. The van der Waals surface area contributed by atoms with Gasteiger partial charge in [-0.05, 0) is 123 Å². The highest BCUT2D eigenvalue weighted by Crippen LogP contribution is 2.40. The zero-order valence-electron chi connectivity index (χ0n) is 20.5. The Balaban J connectivity index is 1.83. The summed E-state index contributed by atoms with van der Waals surface area (Å²) in [5, 5.41) is 0. The lowest BCUT2D eigenvalue weighted by Gasteiger charge is -2.37. The Morgan fingerprint density at radius 3 is 2.20 bits per heavy atom. The number of anilines is 1. The molecule has 166 valence electrons. The van der Waals surface area contributed by atoms with E-state index < -0.39 is 0 Å². The van der Waals surface area contributed by atoms with Crippen molar-refractivity contribution >= 4 is 5.69 Å². The van der Waals surface area contributed by atoms with Gasteiger partial charge in [0.1, 0.15) is 11.4 Å². The van der Waals surface area contributed by atoms with E-state index in [4.69, 9.17) is 10.5 Å². The van der Waals surface area contributed by atoms with Gasteiger partial charge in [-0.25, -0.2) is 0 Å². The van der Waals surface area contributed by atoms with Gasteiger partial charge in [-0.1, -0.05) is 34.9 Å². The van der Waals surface area contributed by atoms with Crippen molar-refractivity contribution in [3.05, 3.63) is 57.7 Å². The van der Waals surface area contributed by atoms with Gasteiger partial charge in [0.05, 0.1) is 0 Å². The lowest BCUT2D eigenvalue weighted by Crippen LogP contribution is -2.36. The predicted molar refractivity (Wildman–Crippen MR) is 132 cm³/mol. The summed E-state index contributed by atoms with van der Waals surface area (Å²) >= 11 is 0. The number of rotatable bonds is 9. The van der Waals surface area contributed by atoms with E-state index in [2.05, 4.69) is 72.8 Å². The third-order valence-corrected chi connectivity index (χ3v) is 6.52. The van der Waals surface area contributed by atoms with E-state index in [0.29, 0.717) is 0 Å². The number of hydrogen-bond donors (Lipinski definition) is 1. The van der Waals surface area contributed by atoms with Gasteiger partial charge >= 0.3 is 0 Å². The van der Waals surface area contributed by atoms with Crippen molar-refractivity contribution in [3.8, 4) is 5.75 Å². The highest BCUT2D eigenvalue weighted by Gasteiger charge is 2.32. The molecule has 1 aromatic rings. The van der Waals surface area contributed by atoms with E-state index in [-0.39, 0.29) is 5.60 Å². The number of ether oxygens (including phenoxy) is 1. The van der Waals surface area contributed by atoms with E-state index in [9.17, 15) is 0 Å². The normalized spacial score (nSPS) is 19.3. The summed E-state index contributed by atoms with van der Waals surface area (Å²) in [6.07, 6.45) is 16.0. The molecule has 0 radical (unpaired) electrons. The third kappa shape index (κ3) is 7.07. The Labute approximate surface area is 185 Å². The Hall–Kier alpha value is -1.96. The lowest BCUT2D eigenvalue weighted by atomic mass is 9.86. The molecule has 2 heteroatoms. The molecule has 1 heterocycles. The Bertz CT molecular complexity index is 824. The molecular formula is C28H43NO. The maximum atomic E-state index is 6.54. The van der Waals surface area contributed by atoms with Crippen LogP contribution in [0.2, 0.25) is 0 Å². The first-order valence-electron chi connectivity index (χ1n) is 11.6. The van der Waals surface area contributed by atoms with Crippen molar-refractivity contribution in [2.24, 2.45) is 0 Å². The van der Waals surface area contributed by atoms with Crippen molar-refractivity contribution in [2.75, 3.05) is 5.73 Å². The second-order valence-electron chi connectivity index (χ2n) is 9.75. The number of benzene rings is 1. The van der Waals surface area contributed by atoms with Crippen LogP contribution in [-0.4, -0.2) is 5.60 Å². The van der Waals surface area contributed by atoms with Crippen LogP contribution in [0.1, 0.15) is 96.3 Å². The van der Waals surface area contributed by atoms with E-state index in [1.54, 1.807) is 0 Å². The van der Waals surface area contributed by atoms with Gasteiger partial charge in [0.25, 0.3) is 0 Å². The Morgan fingerprint density at radius 2 is 1.57 bits per heavy atom. The maximum absolute atomic E-state index is 6.54. The van der Waals surface area contributed by atoms with Crippen LogP contribution in [0.4, 0.5) is 5.69 Å². The molecular weight excluding hydrogens is 366 g/mol. The third-order valence-electron chi connectivity index (χ3n) is 6.52.